The van der Waals surface area contributed by atoms with Crippen LogP contribution in [0.15, 0.2) is 22.9 Å². The Morgan fingerprint density at radius 3 is 1.68 bits per heavy atom. The molecule has 0 saturated carbocycles. The van der Waals surface area contributed by atoms with Gasteiger partial charge in [0, 0.05) is 29.2 Å². The van der Waals surface area contributed by atoms with Crippen LogP contribution in [0.1, 0.15) is 141 Å². The first-order chi connectivity index (χ1) is 27.5. The van der Waals surface area contributed by atoms with Crippen LogP contribution >= 0.6 is 11.3 Å². The number of carbonyl (C=O) groups excluding carboxylic acids is 1. The van der Waals surface area contributed by atoms with Crippen LogP contribution in [0, 0.1) is 24.2 Å². The molecule has 1 heterocycles. The molecule has 7 nitrogen and oxygen atoms in total. The first kappa shape index (κ1) is 59.4. The van der Waals surface area contributed by atoms with Gasteiger partial charge >= 0.3 is 0 Å². The van der Waals surface area contributed by atoms with E-state index in [1.54, 1.807) is 17.4 Å². The van der Waals surface area contributed by atoms with E-state index in [4.69, 9.17) is 22.4 Å². The molecule has 0 amide bonds. The zero-order chi connectivity index (χ0) is 48.9. The number of halogens is 1. The summed E-state index contributed by atoms with van der Waals surface area (Å²) in [7, 11) is -8.84. The molecule has 0 aliphatic carbocycles. The minimum absolute atomic E-state index is 0.00120. The van der Waals surface area contributed by atoms with Gasteiger partial charge in [-0.15, -0.1) is 11.3 Å². The Kier molecular flexibility index (Phi) is 21.1. The van der Waals surface area contributed by atoms with Crippen LogP contribution < -0.4 is 0 Å². The van der Waals surface area contributed by atoms with Gasteiger partial charge in [0.25, 0.3) is 0 Å². The lowest BCUT2D eigenvalue weighted by atomic mass is 9.73. The third-order valence-corrected chi connectivity index (χ3v) is 33.7. The standard InChI is InChI=1S/C49H96FNO6SSi4/c1-35(31-40-34-58-38(4)51-40)41(55-60(21,22)46(8,9)10)28-27-39(50)33-53-32-36(2)43(57-62(25,26)48(14,15)16)37(3)44(52)49(17,18)42(56-61(23,24)47(11,12)13)29-30-54-59(19,20)45(5,6)7/h27,31,34,36-37,41-43H,28-30,32-33H2,1-26H3/b35-31+,39-27-/t36-,37+,41?,42-,43-/m0/s1. The van der Waals surface area contributed by atoms with Gasteiger partial charge in [-0.05, 0) is 117 Å². The van der Waals surface area contributed by atoms with E-state index in [1.165, 1.54) is 0 Å². The van der Waals surface area contributed by atoms with Gasteiger partial charge in [0.1, 0.15) is 11.6 Å². The van der Waals surface area contributed by atoms with Crippen molar-refractivity contribution in [1.29, 1.82) is 0 Å². The minimum atomic E-state index is -2.36. The molecule has 0 spiro atoms. The van der Waals surface area contributed by atoms with Gasteiger partial charge in [-0.2, -0.15) is 0 Å². The topological polar surface area (TPSA) is 76.1 Å². The highest BCUT2D eigenvalue weighted by Crippen LogP contribution is 2.45. The fourth-order valence-electron chi connectivity index (χ4n) is 6.22. The van der Waals surface area contributed by atoms with Gasteiger partial charge in [-0.25, -0.2) is 9.37 Å². The quantitative estimate of drug-likeness (QED) is 0.101. The molecule has 0 radical (unpaired) electrons. The molecule has 0 aliphatic heterocycles. The fourth-order valence-corrected chi connectivity index (χ4v) is 12.1. The van der Waals surface area contributed by atoms with Gasteiger partial charge in [0.05, 0.1) is 42.2 Å². The van der Waals surface area contributed by atoms with Crippen molar-refractivity contribution in [2.45, 2.75) is 228 Å². The largest absolute Gasteiger partial charge is 0.417 e. The van der Waals surface area contributed by atoms with E-state index in [0.29, 0.717) is 19.4 Å². The maximum Gasteiger partial charge on any atom is 0.192 e. The molecule has 0 saturated heterocycles. The lowest BCUT2D eigenvalue weighted by Gasteiger charge is -2.47. The molecule has 1 unspecified atom stereocenters. The zero-order valence-corrected chi connectivity index (χ0v) is 49.7. The van der Waals surface area contributed by atoms with Gasteiger partial charge in [-0.1, -0.05) is 111 Å². The summed E-state index contributed by atoms with van der Waals surface area (Å²) in [5, 5.41) is 3.01. The van der Waals surface area contributed by atoms with E-state index in [0.717, 1.165) is 16.3 Å². The van der Waals surface area contributed by atoms with Crippen molar-refractivity contribution in [3.05, 3.63) is 33.6 Å². The number of ketones is 1. The predicted molar refractivity (Wildman–Crippen MR) is 276 cm³/mol. The van der Waals surface area contributed by atoms with Crippen LogP contribution in [0.2, 0.25) is 72.5 Å². The Bertz CT molecular complexity index is 1640. The molecule has 1 aromatic rings. The third-order valence-electron chi connectivity index (χ3n) is 15.0. The van der Waals surface area contributed by atoms with Crippen LogP contribution in [-0.4, -0.2) is 82.2 Å². The highest BCUT2D eigenvalue weighted by molar-refractivity contribution is 7.09. The molecular formula is C49H96FNO6SSi4. The van der Waals surface area contributed by atoms with Crippen molar-refractivity contribution in [1.82, 2.24) is 4.98 Å². The summed E-state index contributed by atoms with van der Waals surface area (Å²) in [4.78, 5) is 19.7. The predicted octanol–water partition coefficient (Wildman–Crippen LogP) is 15.6. The first-order valence-corrected chi connectivity index (χ1v) is 35.8. The molecule has 1 aromatic heterocycles. The van der Waals surface area contributed by atoms with E-state index in [2.05, 4.69) is 167 Å². The normalized spacial score (nSPS) is 17.5. The Balaban J connectivity index is 3.47. The van der Waals surface area contributed by atoms with Crippen molar-refractivity contribution in [2.24, 2.45) is 17.3 Å². The van der Waals surface area contributed by atoms with Gasteiger partial charge in [0.15, 0.2) is 33.3 Å². The van der Waals surface area contributed by atoms with E-state index in [1.807, 2.05) is 26.2 Å². The van der Waals surface area contributed by atoms with Crippen LogP contribution in [0.3, 0.4) is 0 Å². The number of rotatable bonds is 23. The van der Waals surface area contributed by atoms with E-state index in [9.17, 15) is 0 Å². The lowest BCUT2D eigenvalue weighted by Crippen LogP contribution is -2.54. The number of thiazole rings is 1. The summed E-state index contributed by atoms with van der Waals surface area (Å²) in [6.45, 7) is 57.6. The van der Waals surface area contributed by atoms with Crippen LogP contribution in [0.5, 0.6) is 0 Å². The number of ether oxygens (including phenoxy) is 1. The molecule has 362 valence electrons. The number of hydrogen-bond donors (Lipinski definition) is 0. The van der Waals surface area contributed by atoms with Crippen molar-refractivity contribution >= 4 is 56.5 Å². The van der Waals surface area contributed by atoms with Gasteiger partial charge < -0.3 is 22.4 Å². The SMILES string of the molecule is C/C(=C\c1csc(C)n1)C(C/C=C(\F)COC[C@H](C)[C@H](O[Si](C)(C)C(C)(C)C)[C@@H](C)C(=O)C(C)(C)[C@H](CCO[Si](C)(C)C(C)(C)C)O[Si](C)(C)C(C)(C)C)O[Si](C)(C)C(C)(C)C. The molecule has 0 fully saturated rings. The van der Waals surface area contributed by atoms with Gasteiger partial charge in [0.2, 0.25) is 0 Å². The van der Waals surface area contributed by atoms with Crippen molar-refractivity contribution < 1.29 is 31.6 Å². The summed E-state index contributed by atoms with van der Waals surface area (Å²) < 4.78 is 49.8. The summed E-state index contributed by atoms with van der Waals surface area (Å²) in [5.74, 6) is -0.876. The zero-order valence-electron chi connectivity index (χ0n) is 44.8. The number of carbonyl (C=O) groups is 1. The van der Waals surface area contributed by atoms with E-state index < -0.39 is 50.7 Å². The van der Waals surface area contributed by atoms with Crippen LogP contribution in [0.25, 0.3) is 6.08 Å². The first-order valence-electron chi connectivity index (χ1n) is 23.2. The molecule has 0 aromatic carbocycles. The highest BCUT2D eigenvalue weighted by atomic mass is 32.1. The number of hydrogen-bond acceptors (Lipinski definition) is 8. The molecule has 62 heavy (non-hydrogen) atoms. The molecule has 0 bridgehead atoms. The monoisotopic (exact) mass is 958 g/mol. The van der Waals surface area contributed by atoms with Crippen molar-refractivity contribution in [2.75, 3.05) is 19.8 Å². The third kappa shape index (κ3) is 16.9. The molecule has 0 aliphatic rings. The van der Waals surface area contributed by atoms with Crippen LogP contribution in [-0.2, 0) is 27.2 Å². The van der Waals surface area contributed by atoms with E-state index >= 15 is 9.18 Å². The Morgan fingerprint density at radius 2 is 1.23 bits per heavy atom. The molecule has 13 heteroatoms. The summed E-state index contributed by atoms with van der Waals surface area (Å²) in [6, 6.07) is 0. The Hall–Kier alpha value is -0.622. The second-order valence-electron chi connectivity index (χ2n) is 24.9. The second kappa shape index (κ2) is 22.0. The highest BCUT2D eigenvalue weighted by Gasteiger charge is 2.50. The smallest absolute Gasteiger partial charge is 0.192 e. The summed E-state index contributed by atoms with van der Waals surface area (Å²) in [5.41, 5.74) is 1.09. The Labute approximate surface area is 390 Å². The lowest BCUT2D eigenvalue weighted by molar-refractivity contribution is -0.141. The van der Waals surface area contributed by atoms with Crippen LogP contribution in [0.4, 0.5) is 4.39 Å². The second-order valence-corrected chi connectivity index (χ2v) is 45.0. The van der Waals surface area contributed by atoms with Gasteiger partial charge in [-0.3, -0.25) is 4.79 Å². The molecule has 5 atom stereocenters. The molecule has 1 rings (SSSR count). The Morgan fingerprint density at radius 1 is 0.758 bits per heavy atom. The fraction of sp³-hybridized carbons (Fsp3) is 0.837. The maximum absolute atomic E-state index is 15.8. The summed E-state index contributed by atoms with van der Waals surface area (Å²) >= 11 is 1.61. The van der Waals surface area contributed by atoms with Crippen molar-refractivity contribution in [3.8, 4) is 0 Å². The summed E-state index contributed by atoms with van der Waals surface area (Å²) in [6.07, 6.45) is 3.63. The minimum Gasteiger partial charge on any atom is -0.417 e. The average molecular weight is 959 g/mol. The number of Topliss-reactive ketones (excluding diaryl/α,β-unsaturated/α-hetero) is 1. The number of nitrogens with zero attached hydrogens (tertiary/aromatic N) is 1. The van der Waals surface area contributed by atoms with E-state index in [-0.39, 0.29) is 63.1 Å². The average Bonchev–Trinajstić information content (AvgIpc) is 3.49. The molecule has 0 N–H and O–H groups in total. The number of aromatic nitrogens is 1. The molecular weight excluding hydrogens is 862 g/mol. The van der Waals surface area contributed by atoms with Crippen molar-refractivity contribution in [3.63, 3.8) is 0 Å². The maximum atomic E-state index is 15.8. The number of aryl methyl sites for hydroxylation is 1.